The number of nitrogens with zero attached hydrogens (tertiary/aromatic N) is 1. The van der Waals surface area contributed by atoms with E-state index in [4.69, 9.17) is 0 Å². The van der Waals surface area contributed by atoms with Crippen molar-refractivity contribution in [3.05, 3.63) is 41.6 Å². The lowest BCUT2D eigenvalue weighted by atomic mass is 9.87. The molecule has 3 N–H and O–H groups in total. The third kappa shape index (κ3) is 3.46. The summed E-state index contributed by atoms with van der Waals surface area (Å²) < 4.78 is 27.9. The highest BCUT2D eigenvalue weighted by Gasteiger charge is 2.23. The van der Waals surface area contributed by atoms with Crippen LogP contribution in [0.2, 0.25) is 0 Å². The zero-order chi connectivity index (χ0) is 17.1. The fraction of sp³-hybridized carbons (Fsp3) is 0.412. The van der Waals surface area contributed by atoms with Gasteiger partial charge in [0.2, 0.25) is 0 Å². The van der Waals surface area contributed by atoms with Crippen molar-refractivity contribution in [2.75, 3.05) is 6.54 Å². The standard InChI is InChI=1S/C17H19F2N3O2/c18-13-5-2-6-14(19)15(13)16-12(9-21-22-16)17(24)20-8-10-3-1-4-11(23)7-10/h2,5-6,9-11,23H,1,3-4,7-8H2,(H,20,24)(H,21,22). The summed E-state index contributed by atoms with van der Waals surface area (Å²) in [4.78, 5) is 12.4. The minimum Gasteiger partial charge on any atom is -0.393 e. The molecule has 1 aromatic heterocycles. The lowest BCUT2D eigenvalue weighted by molar-refractivity contribution is 0.0874. The van der Waals surface area contributed by atoms with Crippen molar-refractivity contribution in [2.45, 2.75) is 31.8 Å². The quantitative estimate of drug-likeness (QED) is 0.804. The van der Waals surface area contributed by atoms with Crippen LogP contribution in [0.1, 0.15) is 36.0 Å². The second kappa shape index (κ2) is 7.09. The van der Waals surface area contributed by atoms with Crippen LogP contribution in [0.4, 0.5) is 8.78 Å². The van der Waals surface area contributed by atoms with Gasteiger partial charge in [-0.05, 0) is 37.3 Å². The van der Waals surface area contributed by atoms with Gasteiger partial charge >= 0.3 is 0 Å². The number of aliphatic hydroxyl groups excluding tert-OH is 1. The molecule has 1 aliphatic rings. The van der Waals surface area contributed by atoms with E-state index >= 15 is 0 Å². The molecule has 0 saturated heterocycles. The van der Waals surface area contributed by atoms with Crippen LogP contribution in [0, 0.1) is 17.6 Å². The van der Waals surface area contributed by atoms with Gasteiger partial charge in [-0.25, -0.2) is 8.78 Å². The Morgan fingerprint density at radius 2 is 2.08 bits per heavy atom. The average molecular weight is 335 g/mol. The van der Waals surface area contributed by atoms with Gasteiger partial charge in [0.25, 0.3) is 5.91 Å². The smallest absolute Gasteiger partial charge is 0.255 e. The Balaban J connectivity index is 1.74. The molecule has 7 heteroatoms. The summed E-state index contributed by atoms with van der Waals surface area (Å²) >= 11 is 0. The number of aliphatic hydroxyl groups is 1. The number of rotatable bonds is 4. The summed E-state index contributed by atoms with van der Waals surface area (Å²) in [5.74, 6) is -1.76. The fourth-order valence-electron chi connectivity index (χ4n) is 3.17. The largest absolute Gasteiger partial charge is 0.393 e. The number of hydrogen-bond donors (Lipinski definition) is 3. The number of benzene rings is 1. The van der Waals surface area contributed by atoms with Crippen LogP contribution in [0.25, 0.3) is 11.3 Å². The van der Waals surface area contributed by atoms with Gasteiger partial charge in [-0.15, -0.1) is 0 Å². The van der Waals surface area contributed by atoms with Gasteiger partial charge in [-0.3, -0.25) is 9.89 Å². The third-order valence-corrected chi connectivity index (χ3v) is 4.40. The molecule has 0 spiro atoms. The van der Waals surface area contributed by atoms with Crippen molar-refractivity contribution < 1.29 is 18.7 Å². The minimum absolute atomic E-state index is 0.0202. The average Bonchev–Trinajstić information content (AvgIpc) is 3.02. The summed E-state index contributed by atoms with van der Waals surface area (Å²) in [7, 11) is 0. The summed E-state index contributed by atoms with van der Waals surface area (Å²) in [5.41, 5.74) is -0.185. The first-order valence-electron chi connectivity index (χ1n) is 8.00. The molecule has 1 saturated carbocycles. The van der Waals surface area contributed by atoms with Gasteiger partial charge in [0.05, 0.1) is 29.1 Å². The molecule has 2 atom stereocenters. The molecule has 0 aliphatic heterocycles. The van der Waals surface area contributed by atoms with Gasteiger partial charge in [0, 0.05) is 6.54 Å². The van der Waals surface area contributed by atoms with Gasteiger partial charge < -0.3 is 10.4 Å². The molecule has 1 heterocycles. The van der Waals surface area contributed by atoms with E-state index in [-0.39, 0.29) is 28.8 Å². The van der Waals surface area contributed by atoms with E-state index in [0.29, 0.717) is 13.0 Å². The lowest BCUT2D eigenvalue weighted by Gasteiger charge is -2.25. The second-order valence-corrected chi connectivity index (χ2v) is 6.15. The molecule has 1 amide bonds. The number of carbonyl (C=O) groups is 1. The van der Waals surface area contributed by atoms with Crippen LogP contribution in [-0.2, 0) is 0 Å². The SMILES string of the molecule is O=C(NCC1CCCC(O)C1)c1cn[nH]c1-c1c(F)cccc1F. The number of amides is 1. The molecule has 1 aromatic carbocycles. The Labute approximate surface area is 138 Å². The Kier molecular flexibility index (Phi) is 4.89. The molecular weight excluding hydrogens is 316 g/mol. The monoisotopic (exact) mass is 335 g/mol. The van der Waals surface area contributed by atoms with E-state index in [1.54, 1.807) is 0 Å². The van der Waals surface area contributed by atoms with Crippen LogP contribution in [0.15, 0.2) is 24.4 Å². The normalized spacial score (nSPS) is 20.8. The number of halogens is 2. The van der Waals surface area contributed by atoms with Crippen molar-refractivity contribution in [2.24, 2.45) is 5.92 Å². The van der Waals surface area contributed by atoms with E-state index in [1.165, 1.54) is 12.3 Å². The highest BCUT2D eigenvalue weighted by Crippen LogP contribution is 2.27. The zero-order valence-electron chi connectivity index (χ0n) is 13.1. The predicted molar refractivity (Wildman–Crippen MR) is 84.2 cm³/mol. The van der Waals surface area contributed by atoms with E-state index < -0.39 is 17.5 Å². The molecule has 0 radical (unpaired) electrons. The lowest BCUT2D eigenvalue weighted by Crippen LogP contribution is -2.33. The first-order valence-corrected chi connectivity index (χ1v) is 8.00. The maximum Gasteiger partial charge on any atom is 0.255 e. The number of hydrogen-bond acceptors (Lipinski definition) is 3. The van der Waals surface area contributed by atoms with Crippen molar-refractivity contribution >= 4 is 5.91 Å². The van der Waals surface area contributed by atoms with Crippen molar-refractivity contribution in [3.63, 3.8) is 0 Å². The highest BCUT2D eigenvalue weighted by atomic mass is 19.1. The molecular formula is C17H19F2N3O2. The first kappa shape index (κ1) is 16.6. The molecule has 5 nitrogen and oxygen atoms in total. The van der Waals surface area contributed by atoms with Gasteiger partial charge in [-0.2, -0.15) is 5.10 Å². The molecule has 24 heavy (non-hydrogen) atoms. The molecule has 0 bridgehead atoms. The van der Waals surface area contributed by atoms with Crippen LogP contribution in [0.3, 0.4) is 0 Å². The molecule has 2 aromatic rings. The van der Waals surface area contributed by atoms with Gasteiger partial charge in [-0.1, -0.05) is 12.5 Å². The van der Waals surface area contributed by atoms with E-state index in [0.717, 1.165) is 31.4 Å². The number of H-pyrrole nitrogens is 1. The summed E-state index contributed by atoms with van der Waals surface area (Å²) in [6.45, 7) is 0.417. The maximum atomic E-state index is 13.9. The van der Waals surface area contributed by atoms with Crippen LogP contribution in [-0.4, -0.2) is 33.9 Å². The predicted octanol–water partition coefficient (Wildman–Crippen LogP) is 2.64. The Morgan fingerprint density at radius 3 is 2.79 bits per heavy atom. The number of carbonyl (C=O) groups excluding carboxylic acids is 1. The van der Waals surface area contributed by atoms with E-state index in [1.807, 2.05) is 0 Å². The van der Waals surface area contributed by atoms with Crippen LogP contribution in [0.5, 0.6) is 0 Å². The molecule has 2 unspecified atom stereocenters. The van der Waals surface area contributed by atoms with Crippen LogP contribution < -0.4 is 5.32 Å². The number of aromatic amines is 1. The summed E-state index contributed by atoms with van der Waals surface area (Å²) in [5, 5.41) is 18.7. The van der Waals surface area contributed by atoms with Crippen molar-refractivity contribution in [1.82, 2.24) is 15.5 Å². The fourth-order valence-corrected chi connectivity index (χ4v) is 3.17. The molecule has 1 fully saturated rings. The summed E-state index contributed by atoms with van der Waals surface area (Å²) in [6, 6.07) is 3.52. The molecule has 128 valence electrons. The Hall–Kier alpha value is -2.28. The molecule has 3 rings (SSSR count). The first-order chi connectivity index (χ1) is 11.6. The zero-order valence-corrected chi connectivity index (χ0v) is 13.1. The maximum absolute atomic E-state index is 13.9. The summed E-state index contributed by atoms with van der Waals surface area (Å²) in [6.07, 6.45) is 4.25. The minimum atomic E-state index is -0.760. The highest BCUT2D eigenvalue weighted by molar-refractivity contribution is 5.99. The third-order valence-electron chi connectivity index (χ3n) is 4.40. The van der Waals surface area contributed by atoms with Gasteiger partial charge in [0.1, 0.15) is 11.6 Å². The Morgan fingerprint density at radius 1 is 1.33 bits per heavy atom. The number of aromatic nitrogens is 2. The van der Waals surface area contributed by atoms with Gasteiger partial charge in [0.15, 0.2) is 0 Å². The van der Waals surface area contributed by atoms with E-state index in [2.05, 4.69) is 15.5 Å². The topological polar surface area (TPSA) is 78.0 Å². The van der Waals surface area contributed by atoms with E-state index in [9.17, 15) is 18.7 Å². The van der Waals surface area contributed by atoms with Crippen molar-refractivity contribution in [3.8, 4) is 11.3 Å². The second-order valence-electron chi connectivity index (χ2n) is 6.15. The Bertz CT molecular complexity index is 712. The van der Waals surface area contributed by atoms with Crippen molar-refractivity contribution in [1.29, 1.82) is 0 Å². The molecule has 1 aliphatic carbocycles. The number of nitrogens with one attached hydrogen (secondary N) is 2. The van der Waals surface area contributed by atoms with Crippen LogP contribution >= 0.6 is 0 Å².